The molecule has 0 spiro atoms. The number of carbonyl (C=O) groups is 2. The van der Waals surface area contributed by atoms with Gasteiger partial charge in [0.15, 0.2) is 30.7 Å². The van der Waals surface area contributed by atoms with Gasteiger partial charge >= 0.3 is 20.7 Å². The molecule has 11 heteroatoms. The van der Waals surface area contributed by atoms with Gasteiger partial charge in [0.25, 0.3) is 0 Å². The molecule has 0 aliphatic heterocycles. The van der Waals surface area contributed by atoms with Crippen molar-refractivity contribution in [3.05, 3.63) is 12.2 Å². The van der Waals surface area contributed by atoms with Gasteiger partial charge in [0.1, 0.15) is 0 Å². The summed E-state index contributed by atoms with van der Waals surface area (Å²) in [5.74, 6) is -1.27. The second kappa shape index (κ2) is 10.5. The maximum Gasteiger partial charge on any atom is 0.512 e. The molecule has 0 bridgehead atoms. The number of hydrogen-bond acceptors (Lipinski definition) is 7. The molecule has 0 amide bonds. The first-order valence-corrected chi connectivity index (χ1v) is 21.5. The van der Waals surface area contributed by atoms with Crippen LogP contribution >= 0.6 is 0 Å². The van der Waals surface area contributed by atoms with Crippen molar-refractivity contribution in [1.29, 1.82) is 0 Å². The highest BCUT2D eigenvalue weighted by Crippen LogP contribution is 2.31. The molecule has 7 nitrogen and oxygen atoms in total. The summed E-state index contributed by atoms with van der Waals surface area (Å²) in [6.45, 7) is 20.6. The van der Waals surface area contributed by atoms with Crippen LogP contribution in [-0.4, -0.2) is 58.5 Å². The topological polar surface area (TPSA) is 80.3 Å². The lowest BCUT2D eigenvalue weighted by atomic mass is 10.5. The summed E-state index contributed by atoms with van der Waals surface area (Å²) in [5.41, 5.74) is -0.646. The minimum Gasteiger partial charge on any atom is -0.466 e. The molecule has 0 saturated heterocycles. The molecular formula is C17H38O7Si4. The fourth-order valence-corrected chi connectivity index (χ4v) is 16.5. The average Bonchev–Trinajstić information content (AvgIpc) is 2.44. The smallest absolute Gasteiger partial charge is 0.466 e. The first kappa shape index (κ1) is 27.4. The minimum absolute atomic E-state index is 0.490. The SMILES string of the molecule is CCC(OC(=O)/C=C/C(=O)OC)[Si](O[Si](C)(C)C)(O[Si](C)(C)C)O[Si](C)(C)C. The van der Waals surface area contributed by atoms with Crippen molar-refractivity contribution in [2.45, 2.75) is 78.0 Å². The molecule has 164 valence electrons. The molecule has 0 aliphatic rings. The molecule has 0 saturated carbocycles. The Balaban J connectivity index is 6.06. The van der Waals surface area contributed by atoms with Gasteiger partial charge in [0.2, 0.25) is 0 Å². The normalized spacial score (nSPS) is 14.8. The predicted molar refractivity (Wildman–Crippen MR) is 120 cm³/mol. The lowest BCUT2D eigenvalue weighted by Crippen LogP contribution is -2.67. The number of rotatable bonds is 11. The molecule has 0 radical (unpaired) electrons. The lowest BCUT2D eigenvalue weighted by molar-refractivity contribution is -0.142. The van der Waals surface area contributed by atoms with Crippen LogP contribution < -0.4 is 0 Å². The number of carbonyl (C=O) groups excluding carboxylic acids is 2. The average molecular weight is 467 g/mol. The van der Waals surface area contributed by atoms with Gasteiger partial charge in [-0.05, 0) is 65.3 Å². The Morgan fingerprint density at radius 1 is 0.750 bits per heavy atom. The van der Waals surface area contributed by atoms with Crippen molar-refractivity contribution in [2.75, 3.05) is 7.11 Å². The van der Waals surface area contributed by atoms with Crippen molar-refractivity contribution < 1.29 is 31.4 Å². The van der Waals surface area contributed by atoms with Gasteiger partial charge in [-0.1, -0.05) is 6.92 Å². The summed E-state index contributed by atoms with van der Waals surface area (Å²) in [5, 5.41) is 0. The van der Waals surface area contributed by atoms with Crippen LogP contribution in [0.3, 0.4) is 0 Å². The van der Waals surface area contributed by atoms with Crippen LogP contribution in [0.15, 0.2) is 12.2 Å². The first-order chi connectivity index (χ1) is 12.4. The summed E-state index contributed by atoms with van der Waals surface area (Å²) in [6.07, 6.45) is 2.59. The highest BCUT2D eigenvalue weighted by molar-refractivity contribution is 6.90. The molecule has 1 unspecified atom stereocenters. The summed E-state index contributed by atoms with van der Waals surface area (Å²) in [4.78, 5) is 23.6. The highest BCUT2D eigenvalue weighted by atomic mass is 28.5. The molecular weight excluding hydrogens is 429 g/mol. The lowest BCUT2D eigenvalue weighted by Gasteiger charge is -2.45. The van der Waals surface area contributed by atoms with Crippen LogP contribution in [-0.2, 0) is 31.4 Å². The largest absolute Gasteiger partial charge is 0.512 e. The van der Waals surface area contributed by atoms with Crippen LogP contribution in [0, 0.1) is 0 Å². The number of ether oxygens (including phenoxy) is 2. The standard InChI is InChI=1S/C17H38O7Si4/c1-12-17(21-16(19)14-13-15(18)20-2)28(22-25(3,4)5,23-26(6,7)8)24-27(9,10)11/h13-14,17H,12H2,1-11H3/b14-13+. The van der Waals surface area contributed by atoms with E-state index in [1.165, 1.54) is 7.11 Å². The van der Waals surface area contributed by atoms with E-state index >= 15 is 0 Å². The zero-order chi connectivity index (χ0) is 22.4. The quantitative estimate of drug-likeness (QED) is 0.258. The summed E-state index contributed by atoms with van der Waals surface area (Å²) < 4.78 is 30.0. The third kappa shape index (κ3) is 11.4. The monoisotopic (exact) mass is 466 g/mol. The van der Waals surface area contributed by atoms with E-state index in [9.17, 15) is 9.59 Å². The number of methoxy groups -OCH3 is 1. The Hall–Kier alpha value is -0.572. The van der Waals surface area contributed by atoms with Crippen molar-refractivity contribution in [3.63, 3.8) is 0 Å². The molecule has 0 aromatic heterocycles. The molecule has 1 atom stereocenters. The Morgan fingerprint density at radius 3 is 1.39 bits per heavy atom. The van der Waals surface area contributed by atoms with Crippen molar-refractivity contribution in [3.8, 4) is 0 Å². The van der Waals surface area contributed by atoms with E-state index in [1.54, 1.807) is 0 Å². The maximum atomic E-state index is 12.3. The predicted octanol–water partition coefficient (Wildman–Crippen LogP) is 4.07. The van der Waals surface area contributed by atoms with Gasteiger partial charge in [0, 0.05) is 12.2 Å². The highest BCUT2D eigenvalue weighted by Gasteiger charge is 2.57. The van der Waals surface area contributed by atoms with Gasteiger partial charge in [-0.3, -0.25) is 0 Å². The fourth-order valence-electron chi connectivity index (χ4n) is 2.33. The van der Waals surface area contributed by atoms with E-state index in [-0.39, 0.29) is 0 Å². The van der Waals surface area contributed by atoms with E-state index in [0.717, 1.165) is 12.2 Å². The third-order valence-corrected chi connectivity index (χ3v) is 15.0. The van der Waals surface area contributed by atoms with E-state index in [1.807, 2.05) is 6.92 Å². The van der Waals surface area contributed by atoms with Gasteiger partial charge in [-0.25, -0.2) is 9.59 Å². The number of hydrogen-bond donors (Lipinski definition) is 0. The zero-order valence-electron chi connectivity index (χ0n) is 19.3. The van der Waals surface area contributed by atoms with Crippen LogP contribution in [0.25, 0.3) is 0 Å². The van der Waals surface area contributed by atoms with Crippen LogP contribution in [0.4, 0.5) is 0 Å². The van der Waals surface area contributed by atoms with Crippen molar-refractivity contribution in [2.24, 2.45) is 0 Å². The fraction of sp³-hybridized carbons (Fsp3) is 0.765. The first-order valence-electron chi connectivity index (χ1n) is 9.50. The van der Waals surface area contributed by atoms with E-state index in [0.29, 0.717) is 6.42 Å². The Bertz CT molecular complexity index is 519. The second-order valence-corrected chi connectivity index (χ2v) is 26.4. The van der Waals surface area contributed by atoms with Gasteiger partial charge in [0.05, 0.1) is 7.11 Å². The molecule has 0 rings (SSSR count). The van der Waals surface area contributed by atoms with Crippen LogP contribution in [0.5, 0.6) is 0 Å². The molecule has 0 aliphatic carbocycles. The van der Waals surface area contributed by atoms with Gasteiger partial charge < -0.3 is 21.8 Å². The van der Waals surface area contributed by atoms with Crippen LogP contribution in [0.2, 0.25) is 58.9 Å². The molecule has 0 heterocycles. The molecule has 0 aromatic rings. The summed E-state index contributed by atoms with van der Waals surface area (Å²) >= 11 is 0. The number of esters is 2. The maximum absolute atomic E-state index is 12.3. The van der Waals surface area contributed by atoms with Crippen LogP contribution in [0.1, 0.15) is 13.3 Å². The Morgan fingerprint density at radius 2 is 1.11 bits per heavy atom. The van der Waals surface area contributed by atoms with Gasteiger partial charge in [-0.15, -0.1) is 0 Å². The third-order valence-electron chi connectivity index (χ3n) is 2.93. The second-order valence-electron chi connectivity index (χ2n) is 9.44. The van der Waals surface area contributed by atoms with E-state index in [4.69, 9.17) is 17.1 Å². The van der Waals surface area contributed by atoms with E-state index < -0.39 is 51.4 Å². The Kier molecular flexibility index (Phi) is 10.2. The zero-order valence-corrected chi connectivity index (χ0v) is 23.3. The minimum atomic E-state index is -3.37. The van der Waals surface area contributed by atoms with Crippen molar-refractivity contribution in [1.82, 2.24) is 0 Å². The molecule has 0 aromatic carbocycles. The molecule has 28 heavy (non-hydrogen) atoms. The Labute approximate surface area is 174 Å². The van der Waals surface area contributed by atoms with Crippen molar-refractivity contribution >= 4 is 45.7 Å². The van der Waals surface area contributed by atoms with Gasteiger partial charge in [-0.2, -0.15) is 0 Å². The molecule has 0 fully saturated rings. The summed E-state index contributed by atoms with van der Waals surface area (Å²) in [6, 6.07) is 0. The van der Waals surface area contributed by atoms with E-state index in [2.05, 4.69) is 63.7 Å². The summed E-state index contributed by atoms with van der Waals surface area (Å²) in [7, 11) is -8.40. The molecule has 0 N–H and O–H groups in total.